The quantitative estimate of drug-likeness (QED) is 0.468. The number of fused-ring (bicyclic) bond motifs is 1. The minimum Gasteiger partial charge on any atom is -0.496 e. The second-order valence-electron chi connectivity index (χ2n) is 9.10. The maximum atomic E-state index is 13.4. The van der Waals surface area contributed by atoms with Gasteiger partial charge in [-0.2, -0.15) is 0 Å². The van der Waals surface area contributed by atoms with Gasteiger partial charge in [0.25, 0.3) is 0 Å². The Morgan fingerprint density at radius 2 is 1.69 bits per heavy atom. The van der Waals surface area contributed by atoms with E-state index in [4.69, 9.17) is 14.2 Å². The predicted octanol–water partition coefficient (Wildman–Crippen LogP) is 4.18. The van der Waals surface area contributed by atoms with Crippen molar-refractivity contribution in [2.24, 2.45) is 0 Å². The van der Waals surface area contributed by atoms with Crippen LogP contribution < -0.4 is 14.2 Å². The van der Waals surface area contributed by atoms with E-state index in [0.717, 1.165) is 35.1 Å². The van der Waals surface area contributed by atoms with Crippen molar-refractivity contribution in [1.82, 2.24) is 4.31 Å². The number of carbonyl (C=O) groups excluding carboxylic acids is 1. The first-order valence-electron chi connectivity index (χ1n) is 11.4. The molecule has 1 aliphatic carbocycles. The number of rotatable bonds is 8. The van der Waals surface area contributed by atoms with Crippen molar-refractivity contribution < 1.29 is 27.4 Å². The summed E-state index contributed by atoms with van der Waals surface area (Å²) in [5.74, 6) is 2.22. The highest BCUT2D eigenvalue weighted by Gasteiger charge is 2.50. The van der Waals surface area contributed by atoms with E-state index in [-0.39, 0.29) is 17.5 Å². The fourth-order valence-electron chi connectivity index (χ4n) is 4.51. The third kappa shape index (κ3) is 4.17. The minimum absolute atomic E-state index is 0.167. The summed E-state index contributed by atoms with van der Waals surface area (Å²) in [5, 5.41) is 0. The standard InChI is InChI=1S/C27H27NO6S/c1-28(2)35(30,31)21-8-5-19(6-9-21)22-14-18(4-10-23(22)32-3)15-26(29)27(12-13-27)20-7-11-24-25(16-20)34-17-33-24/h4-11,14,16H,12-13,15,17H2,1-3H3. The molecule has 7 nitrogen and oxygen atoms in total. The van der Waals surface area contributed by atoms with Crippen LogP contribution in [0.15, 0.2) is 65.6 Å². The van der Waals surface area contributed by atoms with Crippen LogP contribution in [-0.4, -0.2) is 46.5 Å². The third-order valence-corrected chi connectivity index (χ3v) is 8.61. The maximum Gasteiger partial charge on any atom is 0.242 e. The first kappa shape index (κ1) is 23.4. The van der Waals surface area contributed by atoms with E-state index in [1.807, 2.05) is 36.4 Å². The predicted molar refractivity (Wildman–Crippen MR) is 131 cm³/mol. The molecule has 0 radical (unpaired) electrons. The van der Waals surface area contributed by atoms with Gasteiger partial charge in [0.15, 0.2) is 11.5 Å². The summed E-state index contributed by atoms with van der Waals surface area (Å²) < 4.78 is 42.5. The molecule has 0 atom stereocenters. The Balaban J connectivity index is 1.41. The van der Waals surface area contributed by atoms with E-state index in [0.29, 0.717) is 23.7 Å². The first-order chi connectivity index (χ1) is 16.7. The molecule has 1 aliphatic heterocycles. The molecular weight excluding hydrogens is 466 g/mol. The van der Waals surface area contributed by atoms with Crippen LogP contribution in [0.3, 0.4) is 0 Å². The van der Waals surface area contributed by atoms with E-state index in [1.54, 1.807) is 31.4 Å². The van der Waals surface area contributed by atoms with Crippen molar-refractivity contribution in [2.45, 2.75) is 29.6 Å². The smallest absolute Gasteiger partial charge is 0.242 e. The lowest BCUT2D eigenvalue weighted by Gasteiger charge is -2.17. The lowest BCUT2D eigenvalue weighted by molar-refractivity contribution is -0.120. The van der Waals surface area contributed by atoms with E-state index < -0.39 is 15.4 Å². The molecule has 5 rings (SSSR count). The number of nitrogens with zero attached hydrogens (tertiary/aromatic N) is 1. The van der Waals surface area contributed by atoms with Crippen molar-refractivity contribution in [3.05, 3.63) is 71.8 Å². The van der Waals surface area contributed by atoms with Gasteiger partial charge in [0.05, 0.1) is 17.4 Å². The van der Waals surface area contributed by atoms with Crippen LogP contribution in [0.25, 0.3) is 11.1 Å². The minimum atomic E-state index is -3.51. The summed E-state index contributed by atoms with van der Waals surface area (Å²) in [4.78, 5) is 13.7. The summed E-state index contributed by atoms with van der Waals surface area (Å²) in [6.07, 6.45) is 1.92. The zero-order valence-corrected chi connectivity index (χ0v) is 20.7. The van der Waals surface area contributed by atoms with Crippen molar-refractivity contribution in [1.29, 1.82) is 0 Å². The molecule has 8 heteroatoms. The van der Waals surface area contributed by atoms with Crippen molar-refractivity contribution >= 4 is 15.8 Å². The third-order valence-electron chi connectivity index (χ3n) is 6.78. The highest BCUT2D eigenvalue weighted by molar-refractivity contribution is 7.89. The van der Waals surface area contributed by atoms with E-state index >= 15 is 0 Å². The number of ether oxygens (including phenoxy) is 3. The summed E-state index contributed by atoms with van der Waals surface area (Å²) >= 11 is 0. The fraction of sp³-hybridized carbons (Fsp3) is 0.296. The summed E-state index contributed by atoms with van der Waals surface area (Å²) in [6, 6.07) is 18.1. The SMILES string of the molecule is COc1ccc(CC(=O)C2(c3ccc4c(c3)OCO4)CC2)cc1-c1ccc(S(=O)(=O)N(C)C)cc1. The number of methoxy groups -OCH3 is 1. The molecule has 3 aromatic rings. The van der Waals surface area contributed by atoms with Crippen LogP contribution >= 0.6 is 0 Å². The average Bonchev–Trinajstić information content (AvgIpc) is 3.54. The van der Waals surface area contributed by atoms with Gasteiger partial charge in [-0.05, 0) is 65.9 Å². The second-order valence-corrected chi connectivity index (χ2v) is 11.2. The number of hydrogen-bond donors (Lipinski definition) is 0. The molecule has 1 heterocycles. The molecule has 0 N–H and O–H groups in total. The molecule has 182 valence electrons. The highest BCUT2D eigenvalue weighted by atomic mass is 32.2. The lowest BCUT2D eigenvalue weighted by Crippen LogP contribution is -2.22. The van der Waals surface area contributed by atoms with E-state index in [2.05, 4.69) is 0 Å². The van der Waals surface area contributed by atoms with Crippen LogP contribution in [0.1, 0.15) is 24.0 Å². The van der Waals surface area contributed by atoms with Gasteiger partial charge in [-0.15, -0.1) is 0 Å². The van der Waals surface area contributed by atoms with Crippen molar-refractivity contribution in [3.63, 3.8) is 0 Å². The largest absolute Gasteiger partial charge is 0.496 e. The van der Waals surface area contributed by atoms with Crippen LogP contribution in [0.4, 0.5) is 0 Å². The number of Topliss-reactive ketones (excluding diaryl/α,β-unsaturated/α-hetero) is 1. The highest BCUT2D eigenvalue weighted by Crippen LogP contribution is 2.51. The molecule has 0 unspecified atom stereocenters. The second kappa shape index (κ2) is 8.70. The average molecular weight is 494 g/mol. The molecule has 3 aromatic carbocycles. The van der Waals surface area contributed by atoms with Gasteiger partial charge >= 0.3 is 0 Å². The summed E-state index contributed by atoms with van der Waals surface area (Å²) in [5.41, 5.74) is 2.98. The molecule has 0 bridgehead atoms. The zero-order valence-electron chi connectivity index (χ0n) is 19.9. The van der Waals surface area contributed by atoms with Crippen LogP contribution in [0.5, 0.6) is 17.2 Å². The van der Waals surface area contributed by atoms with Crippen LogP contribution in [0, 0.1) is 0 Å². The lowest BCUT2D eigenvalue weighted by atomic mass is 9.87. The topological polar surface area (TPSA) is 82.1 Å². The fourth-order valence-corrected chi connectivity index (χ4v) is 5.41. The van der Waals surface area contributed by atoms with Crippen LogP contribution in [0.2, 0.25) is 0 Å². The van der Waals surface area contributed by atoms with E-state index in [1.165, 1.54) is 18.4 Å². The molecule has 0 amide bonds. The molecule has 0 aromatic heterocycles. The van der Waals surface area contributed by atoms with Gasteiger partial charge in [0.2, 0.25) is 16.8 Å². The van der Waals surface area contributed by atoms with Crippen molar-refractivity contribution in [2.75, 3.05) is 28.0 Å². The Labute approximate surface area is 205 Å². The normalized spacial score (nSPS) is 15.8. The first-order valence-corrected chi connectivity index (χ1v) is 12.8. The van der Waals surface area contributed by atoms with E-state index in [9.17, 15) is 13.2 Å². The monoisotopic (exact) mass is 493 g/mol. The van der Waals surface area contributed by atoms with Gasteiger partial charge in [0.1, 0.15) is 11.5 Å². The summed E-state index contributed by atoms with van der Waals surface area (Å²) in [7, 11) is 1.08. The number of hydrogen-bond acceptors (Lipinski definition) is 6. The Morgan fingerprint density at radius 1 is 0.971 bits per heavy atom. The molecular formula is C27H27NO6S. The van der Waals surface area contributed by atoms with Crippen molar-refractivity contribution in [3.8, 4) is 28.4 Å². The molecule has 0 saturated heterocycles. The van der Waals surface area contributed by atoms with Gasteiger partial charge in [0, 0.05) is 26.1 Å². The number of ketones is 1. The van der Waals surface area contributed by atoms with Gasteiger partial charge in [-0.3, -0.25) is 4.79 Å². The molecule has 1 saturated carbocycles. The number of carbonyl (C=O) groups is 1. The summed E-state index contributed by atoms with van der Waals surface area (Å²) in [6.45, 7) is 0.205. The number of benzene rings is 3. The molecule has 35 heavy (non-hydrogen) atoms. The molecule has 0 spiro atoms. The van der Waals surface area contributed by atoms with Gasteiger partial charge < -0.3 is 14.2 Å². The molecule has 1 fully saturated rings. The van der Waals surface area contributed by atoms with Gasteiger partial charge in [-0.25, -0.2) is 12.7 Å². The Hall–Kier alpha value is -3.36. The Morgan fingerprint density at radius 3 is 2.34 bits per heavy atom. The van der Waals surface area contributed by atoms with Crippen LogP contribution in [-0.2, 0) is 26.7 Å². The zero-order chi connectivity index (χ0) is 24.8. The van der Waals surface area contributed by atoms with Gasteiger partial charge in [-0.1, -0.05) is 24.3 Å². The maximum absolute atomic E-state index is 13.4. The molecule has 2 aliphatic rings. The Bertz CT molecular complexity index is 1390. The Kier molecular flexibility index (Phi) is 5.81. The number of sulfonamides is 1.